The normalized spacial score (nSPS) is 10.3. The average Bonchev–Trinajstić information content (AvgIpc) is 2.72. The van der Waals surface area contributed by atoms with Crippen molar-refractivity contribution in [2.45, 2.75) is 13.3 Å². The van der Waals surface area contributed by atoms with Crippen LogP contribution in [0, 0.1) is 6.92 Å². The number of carbonyl (C=O) groups is 1. The van der Waals surface area contributed by atoms with Gasteiger partial charge in [-0.3, -0.25) is 5.32 Å². The number of nitrogens with zero attached hydrogens (tertiary/aromatic N) is 1. The Bertz CT molecular complexity index is 581. The maximum atomic E-state index is 11.1. The highest BCUT2D eigenvalue weighted by atomic mass is 35.5. The molecule has 6 heteroatoms. The molecule has 0 aliphatic carbocycles. The Hall–Kier alpha value is -1.59. The van der Waals surface area contributed by atoms with E-state index in [0.29, 0.717) is 5.13 Å². The molecular weight excluding hydrogens is 284 g/mol. The second-order valence-corrected chi connectivity index (χ2v) is 5.47. The standard InChI is InChI=1S/C13H13ClN2O2S/c1-8-11(7-9-3-5-10(14)6-4-9)19-12(15-8)16-13(17)18-2/h3-6H,7H2,1-2H3,(H,15,16,17). The highest BCUT2D eigenvalue weighted by Crippen LogP contribution is 2.25. The molecular formula is C13H13ClN2O2S. The molecule has 0 spiro atoms. The Labute approximate surface area is 120 Å². The first-order chi connectivity index (χ1) is 9.08. The van der Waals surface area contributed by atoms with Gasteiger partial charge in [-0.25, -0.2) is 9.78 Å². The lowest BCUT2D eigenvalue weighted by atomic mass is 10.1. The van der Waals surface area contributed by atoms with Crippen molar-refractivity contribution in [2.75, 3.05) is 12.4 Å². The minimum atomic E-state index is -0.508. The van der Waals surface area contributed by atoms with Gasteiger partial charge in [-0.15, -0.1) is 11.3 Å². The van der Waals surface area contributed by atoms with Gasteiger partial charge in [0.2, 0.25) is 0 Å². The number of nitrogens with one attached hydrogen (secondary N) is 1. The molecule has 0 fully saturated rings. The van der Waals surface area contributed by atoms with Crippen LogP contribution in [-0.4, -0.2) is 18.2 Å². The van der Waals surface area contributed by atoms with Crippen LogP contribution in [0.5, 0.6) is 0 Å². The van der Waals surface area contributed by atoms with Crippen LogP contribution in [0.15, 0.2) is 24.3 Å². The number of methoxy groups -OCH3 is 1. The molecule has 1 N–H and O–H groups in total. The van der Waals surface area contributed by atoms with E-state index in [1.165, 1.54) is 18.4 Å². The summed E-state index contributed by atoms with van der Waals surface area (Å²) < 4.78 is 4.54. The first-order valence-corrected chi connectivity index (χ1v) is 6.83. The molecule has 0 aliphatic rings. The van der Waals surface area contributed by atoms with Gasteiger partial charge in [-0.2, -0.15) is 0 Å². The molecule has 0 bridgehead atoms. The van der Waals surface area contributed by atoms with Gasteiger partial charge in [0, 0.05) is 16.3 Å². The molecule has 0 saturated carbocycles. The lowest BCUT2D eigenvalue weighted by Crippen LogP contribution is -2.10. The van der Waals surface area contributed by atoms with Crippen molar-refractivity contribution >= 4 is 34.2 Å². The van der Waals surface area contributed by atoms with Crippen LogP contribution < -0.4 is 5.32 Å². The Kier molecular flexibility index (Phi) is 4.39. The predicted molar refractivity (Wildman–Crippen MR) is 77.1 cm³/mol. The fourth-order valence-electron chi connectivity index (χ4n) is 1.57. The van der Waals surface area contributed by atoms with Crippen molar-refractivity contribution in [3.05, 3.63) is 45.4 Å². The summed E-state index contributed by atoms with van der Waals surface area (Å²) in [5.41, 5.74) is 2.06. The third-order valence-electron chi connectivity index (χ3n) is 2.56. The van der Waals surface area contributed by atoms with Crippen LogP contribution >= 0.6 is 22.9 Å². The molecule has 0 atom stereocenters. The number of benzene rings is 1. The maximum absolute atomic E-state index is 11.1. The number of halogens is 1. The molecule has 100 valence electrons. The van der Waals surface area contributed by atoms with E-state index < -0.39 is 6.09 Å². The third-order valence-corrected chi connectivity index (χ3v) is 3.89. The minimum Gasteiger partial charge on any atom is -0.453 e. The highest BCUT2D eigenvalue weighted by molar-refractivity contribution is 7.15. The molecule has 2 rings (SSSR count). The van der Waals surface area contributed by atoms with Gasteiger partial charge in [0.05, 0.1) is 12.8 Å². The number of thiazole rings is 1. The molecule has 0 radical (unpaired) electrons. The summed E-state index contributed by atoms with van der Waals surface area (Å²) in [6, 6.07) is 7.69. The van der Waals surface area contributed by atoms with Crippen molar-refractivity contribution < 1.29 is 9.53 Å². The highest BCUT2D eigenvalue weighted by Gasteiger charge is 2.10. The molecule has 0 unspecified atom stereocenters. The fourth-order valence-corrected chi connectivity index (χ4v) is 2.68. The second-order valence-electron chi connectivity index (χ2n) is 3.95. The van der Waals surface area contributed by atoms with Crippen molar-refractivity contribution in [1.29, 1.82) is 0 Å². The Morgan fingerprint density at radius 3 is 2.74 bits per heavy atom. The quantitative estimate of drug-likeness (QED) is 0.935. The van der Waals surface area contributed by atoms with E-state index in [0.717, 1.165) is 27.6 Å². The number of hydrogen-bond acceptors (Lipinski definition) is 4. The molecule has 1 aromatic carbocycles. The molecule has 1 aromatic heterocycles. The maximum Gasteiger partial charge on any atom is 0.413 e. The van der Waals surface area contributed by atoms with E-state index in [-0.39, 0.29) is 0 Å². The Morgan fingerprint density at radius 2 is 2.11 bits per heavy atom. The molecule has 4 nitrogen and oxygen atoms in total. The van der Waals surface area contributed by atoms with Crippen LogP contribution in [0.4, 0.5) is 9.93 Å². The summed E-state index contributed by atoms with van der Waals surface area (Å²) in [7, 11) is 1.32. The van der Waals surface area contributed by atoms with Crippen LogP contribution in [0.25, 0.3) is 0 Å². The van der Waals surface area contributed by atoms with Gasteiger partial charge in [0.1, 0.15) is 0 Å². The summed E-state index contributed by atoms with van der Waals surface area (Å²) in [5, 5.41) is 3.84. The molecule has 19 heavy (non-hydrogen) atoms. The van der Waals surface area contributed by atoms with E-state index in [1.807, 2.05) is 31.2 Å². The number of ether oxygens (including phenoxy) is 1. The molecule has 0 saturated heterocycles. The zero-order valence-electron chi connectivity index (χ0n) is 10.6. The minimum absolute atomic E-state index is 0.508. The second kappa shape index (κ2) is 6.04. The summed E-state index contributed by atoms with van der Waals surface area (Å²) >= 11 is 7.30. The Morgan fingerprint density at radius 1 is 1.42 bits per heavy atom. The van der Waals surface area contributed by atoms with Crippen LogP contribution in [0.1, 0.15) is 16.1 Å². The first kappa shape index (κ1) is 13.8. The van der Waals surface area contributed by atoms with Crippen molar-refractivity contribution in [3.63, 3.8) is 0 Å². The number of carbonyl (C=O) groups excluding carboxylic acids is 1. The van der Waals surface area contributed by atoms with Crippen LogP contribution in [0.3, 0.4) is 0 Å². The summed E-state index contributed by atoms with van der Waals surface area (Å²) in [5.74, 6) is 0. The van der Waals surface area contributed by atoms with E-state index in [4.69, 9.17) is 11.6 Å². The number of aryl methyl sites for hydroxylation is 1. The molecule has 1 heterocycles. The number of amides is 1. The van der Waals surface area contributed by atoms with Crippen molar-refractivity contribution in [1.82, 2.24) is 4.98 Å². The van der Waals surface area contributed by atoms with Gasteiger partial charge in [-0.05, 0) is 24.6 Å². The van der Waals surface area contributed by atoms with Gasteiger partial charge in [0.15, 0.2) is 5.13 Å². The zero-order valence-corrected chi connectivity index (χ0v) is 12.1. The van der Waals surface area contributed by atoms with E-state index >= 15 is 0 Å². The van der Waals surface area contributed by atoms with Crippen LogP contribution in [0.2, 0.25) is 5.02 Å². The van der Waals surface area contributed by atoms with E-state index in [1.54, 1.807) is 0 Å². The van der Waals surface area contributed by atoms with E-state index in [2.05, 4.69) is 15.0 Å². The monoisotopic (exact) mass is 296 g/mol. The third kappa shape index (κ3) is 3.68. The topological polar surface area (TPSA) is 51.2 Å². The SMILES string of the molecule is COC(=O)Nc1nc(C)c(Cc2ccc(Cl)cc2)s1. The van der Waals surface area contributed by atoms with Gasteiger partial charge in [-0.1, -0.05) is 23.7 Å². The fraction of sp³-hybridized carbons (Fsp3) is 0.231. The lowest BCUT2D eigenvalue weighted by Gasteiger charge is -1.99. The summed E-state index contributed by atoms with van der Waals surface area (Å²) in [6.07, 6.45) is 0.260. The number of anilines is 1. The zero-order chi connectivity index (χ0) is 13.8. The van der Waals surface area contributed by atoms with Crippen molar-refractivity contribution in [3.8, 4) is 0 Å². The lowest BCUT2D eigenvalue weighted by molar-refractivity contribution is 0.187. The van der Waals surface area contributed by atoms with Crippen molar-refractivity contribution in [2.24, 2.45) is 0 Å². The number of hydrogen-bond donors (Lipinski definition) is 1. The number of aromatic nitrogens is 1. The number of rotatable bonds is 3. The largest absolute Gasteiger partial charge is 0.453 e. The van der Waals surface area contributed by atoms with Crippen LogP contribution in [-0.2, 0) is 11.2 Å². The summed E-state index contributed by atoms with van der Waals surface area (Å²) in [4.78, 5) is 16.5. The average molecular weight is 297 g/mol. The first-order valence-electron chi connectivity index (χ1n) is 5.64. The van der Waals surface area contributed by atoms with E-state index in [9.17, 15) is 4.79 Å². The smallest absolute Gasteiger partial charge is 0.413 e. The van der Waals surface area contributed by atoms with Gasteiger partial charge >= 0.3 is 6.09 Å². The Balaban J connectivity index is 2.12. The van der Waals surface area contributed by atoms with Gasteiger partial charge in [0.25, 0.3) is 0 Å². The molecule has 2 aromatic rings. The van der Waals surface area contributed by atoms with Gasteiger partial charge < -0.3 is 4.74 Å². The molecule has 1 amide bonds. The predicted octanol–water partition coefficient (Wildman–Crippen LogP) is 3.87. The molecule has 0 aliphatic heterocycles. The summed E-state index contributed by atoms with van der Waals surface area (Å²) in [6.45, 7) is 1.92.